The van der Waals surface area contributed by atoms with Crippen molar-refractivity contribution in [2.24, 2.45) is 11.3 Å². The highest BCUT2D eigenvalue weighted by atomic mass is 16.3. The number of nitrogens with one attached hydrogen (secondary N) is 1. The summed E-state index contributed by atoms with van der Waals surface area (Å²) in [6, 6.07) is 1.36. The van der Waals surface area contributed by atoms with E-state index in [4.69, 9.17) is 0 Å². The Bertz CT molecular complexity index is 215. The molecule has 2 nitrogen and oxygen atoms in total. The molecule has 0 aromatic carbocycles. The van der Waals surface area contributed by atoms with Crippen LogP contribution in [0.1, 0.15) is 60.3 Å². The third-order valence-electron chi connectivity index (χ3n) is 4.13. The molecule has 2 N–H and O–H groups in total. The van der Waals surface area contributed by atoms with Gasteiger partial charge in [0, 0.05) is 12.1 Å². The van der Waals surface area contributed by atoms with Crippen molar-refractivity contribution in [1.29, 1.82) is 0 Å². The third-order valence-corrected chi connectivity index (χ3v) is 4.13. The van der Waals surface area contributed by atoms with Crippen LogP contribution < -0.4 is 5.32 Å². The van der Waals surface area contributed by atoms with Gasteiger partial charge in [-0.2, -0.15) is 0 Å². The van der Waals surface area contributed by atoms with Crippen molar-refractivity contribution in [3.05, 3.63) is 0 Å². The molecule has 1 rings (SSSR count). The second-order valence-electron chi connectivity index (χ2n) is 6.19. The van der Waals surface area contributed by atoms with Gasteiger partial charge in [-0.3, -0.25) is 0 Å². The minimum Gasteiger partial charge on any atom is -0.392 e. The van der Waals surface area contributed by atoms with Gasteiger partial charge in [0.1, 0.15) is 0 Å². The van der Waals surface area contributed by atoms with Crippen molar-refractivity contribution in [3.8, 4) is 0 Å². The number of aliphatic hydroxyl groups is 1. The molecule has 1 heterocycles. The molecule has 16 heavy (non-hydrogen) atoms. The van der Waals surface area contributed by atoms with Gasteiger partial charge in [0.05, 0.1) is 6.10 Å². The smallest absolute Gasteiger partial charge is 0.0617 e. The Balaban J connectivity index is 2.40. The largest absolute Gasteiger partial charge is 0.392 e. The summed E-state index contributed by atoms with van der Waals surface area (Å²) in [6.45, 7) is 10.9. The van der Waals surface area contributed by atoms with Gasteiger partial charge in [-0.1, -0.05) is 47.5 Å². The van der Waals surface area contributed by atoms with E-state index >= 15 is 0 Å². The number of aliphatic hydroxyl groups excluding tert-OH is 1. The highest BCUT2D eigenvalue weighted by molar-refractivity contribution is 5.01. The van der Waals surface area contributed by atoms with E-state index in [-0.39, 0.29) is 11.5 Å². The molecule has 0 bridgehead atoms. The Kier molecular flexibility index (Phi) is 4.81. The van der Waals surface area contributed by atoms with Gasteiger partial charge in [0.2, 0.25) is 0 Å². The van der Waals surface area contributed by atoms with Crippen LogP contribution in [0, 0.1) is 11.3 Å². The summed E-state index contributed by atoms with van der Waals surface area (Å²) in [5.74, 6) is 0.401. The fourth-order valence-corrected chi connectivity index (χ4v) is 2.70. The molecule has 1 saturated heterocycles. The van der Waals surface area contributed by atoms with Gasteiger partial charge in [-0.05, 0) is 24.2 Å². The van der Waals surface area contributed by atoms with E-state index in [9.17, 15) is 5.11 Å². The fourth-order valence-electron chi connectivity index (χ4n) is 2.70. The average molecular weight is 227 g/mol. The molecule has 4 unspecified atom stereocenters. The van der Waals surface area contributed by atoms with E-state index in [2.05, 4.69) is 39.9 Å². The summed E-state index contributed by atoms with van der Waals surface area (Å²) in [6.07, 6.45) is 4.51. The van der Waals surface area contributed by atoms with Crippen molar-refractivity contribution in [2.45, 2.75) is 78.5 Å². The number of hydrogen-bond acceptors (Lipinski definition) is 2. The number of hydrogen-bond donors (Lipinski definition) is 2. The number of rotatable bonds is 7. The molecule has 0 amide bonds. The SMILES string of the molecule is CCCC1NC1CC(C)(C)C(O)C(C)CC. The fraction of sp³-hybridized carbons (Fsp3) is 1.00. The van der Waals surface area contributed by atoms with Gasteiger partial charge < -0.3 is 10.4 Å². The lowest BCUT2D eigenvalue weighted by atomic mass is 9.75. The molecule has 0 aromatic heterocycles. The van der Waals surface area contributed by atoms with Gasteiger partial charge in [0.25, 0.3) is 0 Å². The molecule has 0 spiro atoms. The maximum Gasteiger partial charge on any atom is 0.0617 e. The zero-order valence-electron chi connectivity index (χ0n) is 11.6. The average Bonchev–Trinajstić information content (AvgIpc) is 2.93. The summed E-state index contributed by atoms with van der Waals surface area (Å²) in [7, 11) is 0. The first kappa shape index (κ1) is 14.0. The quantitative estimate of drug-likeness (QED) is 0.657. The first-order valence-corrected chi connectivity index (χ1v) is 6.86. The lowest BCUT2D eigenvalue weighted by Gasteiger charge is -2.34. The van der Waals surface area contributed by atoms with E-state index < -0.39 is 0 Å². The van der Waals surface area contributed by atoms with Crippen LogP contribution in [0.2, 0.25) is 0 Å². The molecule has 2 heteroatoms. The normalized spacial score (nSPS) is 28.9. The van der Waals surface area contributed by atoms with Gasteiger partial charge >= 0.3 is 0 Å². The molecule has 1 aliphatic rings. The van der Waals surface area contributed by atoms with Crippen LogP contribution in [-0.4, -0.2) is 23.3 Å². The summed E-state index contributed by atoms with van der Waals surface area (Å²) in [4.78, 5) is 0. The maximum atomic E-state index is 10.3. The molecule has 0 aromatic rings. The summed E-state index contributed by atoms with van der Waals surface area (Å²) in [5.41, 5.74) is 0.0373. The Morgan fingerprint density at radius 2 is 1.88 bits per heavy atom. The Labute approximate surface area is 101 Å². The molecule has 1 aliphatic heterocycles. The lowest BCUT2D eigenvalue weighted by Crippen LogP contribution is -2.36. The van der Waals surface area contributed by atoms with Crippen LogP contribution in [0.15, 0.2) is 0 Å². The van der Waals surface area contributed by atoms with E-state index in [1.807, 2.05) is 0 Å². The Morgan fingerprint density at radius 3 is 2.38 bits per heavy atom. The van der Waals surface area contributed by atoms with Crippen molar-refractivity contribution in [1.82, 2.24) is 5.32 Å². The molecular weight excluding hydrogens is 198 g/mol. The Hall–Kier alpha value is -0.0800. The van der Waals surface area contributed by atoms with E-state index in [1.165, 1.54) is 12.8 Å². The predicted octanol–water partition coefficient (Wildman–Crippen LogP) is 2.95. The van der Waals surface area contributed by atoms with Crippen LogP contribution in [-0.2, 0) is 0 Å². The molecular formula is C14H29NO. The van der Waals surface area contributed by atoms with E-state index in [1.54, 1.807) is 0 Å². The summed E-state index contributed by atoms with van der Waals surface area (Å²) >= 11 is 0. The second kappa shape index (κ2) is 5.50. The summed E-state index contributed by atoms with van der Waals surface area (Å²) < 4.78 is 0. The third kappa shape index (κ3) is 3.46. The first-order chi connectivity index (χ1) is 7.42. The first-order valence-electron chi connectivity index (χ1n) is 6.86. The standard InChI is InChI=1S/C14H29NO/c1-6-8-11-12(15-11)9-14(4,5)13(16)10(3)7-2/h10-13,15-16H,6-9H2,1-5H3. The monoisotopic (exact) mass is 227 g/mol. The van der Waals surface area contributed by atoms with Gasteiger partial charge in [-0.25, -0.2) is 0 Å². The molecule has 96 valence electrons. The Morgan fingerprint density at radius 1 is 1.25 bits per heavy atom. The van der Waals surface area contributed by atoms with Crippen molar-refractivity contribution < 1.29 is 5.11 Å². The maximum absolute atomic E-state index is 10.3. The lowest BCUT2D eigenvalue weighted by molar-refractivity contribution is 0.000710. The zero-order chi connectivity index (χ0) is 12.3. The molecule has 0 aliphatic carbocycles. The molecule has 0 saturated carbocycles. The van der Waals surface area contributed by atoms with Crippen LogP contribution in [0.25, 0.3) is 0 Å². The summed E-state index contributed by atoms with van der Waals surface area (Å²) in [5, 5.41) is 13.8. The van der Waals surface area contributed by atoms with Crippen LogP contribution in [0.4, 0.5) is 0 Å². The van der Waals surface area contributed by atoms with E-state index in [0.717, 1.165) is 12.8 Å². The van der Waals surface area contributed by atoms with E-state index in [0.29, 0.717) is 18.0 Å². The van der Waals surface area contributed by atoms with Gasteiger partial charge in [-0.15, -0.1) is 0 Å². The minimum absolute atomic E-state index is 0.0373. The topological polar surface area (TPSA) is 42.2 Å². The van der Waals surface area contributed by atoms with Crippen LogP contribution in [0.5, 0.6) is 0 Å². The molecule has 0 radical (unpaired) electrons. The highest BCUT2D eigenvalue weighted by Crippen LogP contribution is 2.36. The predicted molar refractivity (Wildman–Crippen MR) is 69.5 cm³/mol. The second-order valence-corrected chi connectivity index (χ2v) is 6.19. The van der Waals surface area contributed by atoms with Crippen molar-refractivity contribution in [2.75, 3.05) is 0 Å². The molecule has 4 atom stereocenters. The van der Waals surface area contributed by atoms with Crippen molar-refractivity contribution in [3.63, 3.8) is 0 Å². The van der Waals surface area contributed by atoms with Crippen molar-refractivity contribution >= 4 is 0 Å². The highest BCUT2D eigenvalue weighted by Gasteiger charge is 2.42. The minimum atomic E-state index is -0.179. The van der Waals surface area contributed by atoms with Gasteiger partial charge in [0.15, 0.2) is 0 Å². The zero-order valence-corrected chi connectivity index (χ0v) is 11.6. The van der Waals surface area contributed by atoms with Crippen LogP contribution in [0.3, 0.4) is 0 Å². The molecule has 1 fully saturated rings. The van der Waals surface area contributed by atoms with Crippen LogP contribution >= 0.6 is 0 Å².